The Morgan fingerprint density at radius 3 is 2.62 bits per heavy atom. The average Bonchev–Trinajstić information content (AvgIpc) is 2.29. The van der Waals surface area contributed by atoms with Crippen molar-refractivity contribution in [2.24, 2.45) is 0 Å². The zero-order chi connectivity index (χ0) is 10.5. The van der Waals surface area contributed by atoms with Crippen molar-refractivity contribution in [3.8, 4) is 5.75 Å². The molecule has 0 bridgehead atoms. The first kappa shape index (κ1) is 13.6. The summed E-state index contributed by atoms with van der Waals surface area (Å²) in [6, 6.07) is 7.89. The second-order valence-corrected chi connectivity index (χ2v) is 4.08. The Labute approximate surface area is 107 Å². The number of piperidine rings is 1. The van der Waals surface area contributed by atoms with Gasteiger partial charge in [-0.15, -0.1) is 12.4 Å². The first-order chi connectivity index (χ1) is 7.36. The van der Waals surface area contributed by atoms with Gasteiger partial charge in [0.25, 0.3) is 0 Å². The van der Waals surface area contributed by atoms with Gasteiger partial charge in [0.15, 0.2) is 5.75 Å². The molecular formula is C11H16Cl2N2O. The van der Waals surface area contributed by atoms with Crippen molar-refractivity contribution in [1.82, 2.24) is 10.8 Å². The number of benzene rings is 1. The van der Waals surface area contributed by atoms with Crippen LogP contribution in [-0.2, 0) is 0 Å². The highest BCUT2D eigenvalue weighted by atomic mass is 35.5. The van der Waals surface area contributed by atoms with Crippen molar-refractivity contribution < 1.29 is 4.84 Å². The normalized spacial score (nSPS) is 16.6. The lowest BCUT2D eigenvalue weighted by Gasteiger charge is -2.23. The molecule has 16 heavy (non-hydrogen) atoms. The van der Waals surface area contributed by atoms with Crippen LogP contribution < -0.4 is 15.6 Å². The predicted octanol–water partition coefficient (Wildman–Crippen LogP) is 2.40. The Kier molecular flexibility index (Phi) is 5.91. The minimum Gasteiger partial charge on any atom is -0.407 e. The van der Waals surface area contributed by atoms with Crippen molar-refractivity contribution in [3.05, 3.63) is 29.3 Å². The number of rotatable bonds is 3. The number of halogens is 2. The summed E-state index contributed by atoms with van der Waals surface area (Å²) in [6.07, 6.45) is 2.18. The van der Waals surface area contributed by atoms with Gasteiger partial charge in [-0.25, -0.2) is 0 Å². The molecule has 1 aliphatic heterocycles. The van der Waals surface area contributed by atoms with Crippen LogP contribution in [-0.4, -0.2) is 19.1 Å². The molecule has 0 amide bonds. The molecule has 1 heterocycles. The Bertz CT molecular complexity index is 317. The summed E-state index contributed by atoms with van der Waals surface area (Å²) in [7, 11) is 0. The van der Waals surface area contributed by atoms with Gasteiger partial charge in [-0.05, 0) is 38.1 Å². The van der Waals surface area contributed by atoms with E-state index in [9.17, 15) is 0 Å². The number of hydroxylamine groups is 1. The van der Waals surface area contributed by atoms with E-state index >= 15 is 0 Å². The van der Waals surface area contributed by atoms with E-state index in [2.05, 4.69) is 10.8 Å². The van der Waals surface area contributed by atoms with Crippen LogP contribution in [0.3, 0.4) is 0 Å². The van der Waals surface area contributed by atoms with Crippen LogP contribution in [0.1, 0.15) is 12.8 Å². The third-order valence-electron chi connectivity index (χ3n) is 2.51. The van der Waals surface area contributed by atoms with Gasteiger partial charge in [-0.2, -0.15) is 5.48 Å². The number of hydrogen-bond acceptors (Lipinski definition) is 3. The number of nitrogens with one attached hydrogen (secondary N) is 2. The molecule has 0 spiro atoms. The summed E-state index contributed by atoms with van der Waals surface area (Å²) in [5.74, 6) is 0.692. The minimum absolute atomic E-state index is 0. The van der Waals surface area contributed by atoms with Crippen molar-refractivity contribution in [2.75, 3.05) is 13.1 Å². The second-order valence-electron chi connectivity index (χ2n) is 3.67. The van der Waals surface area contributed by atoms with Crippen molar-refractivity contribution in [1.29, 1.82) is 0 Å². The van der Waals surface area contributed by atoms with Crippen LogP contribution in [0.4, 0.5) is 0 Å². The quantitative estimate of drug-likeness (QED) is 0.821. The molecule has 1 aromatic carbocycles. The summed E-state index contributed by atoms with van der Waals surface area (Å²) in [5.41, 5.74) is 3.05. The minimum atomic E-state index is 0. The van der Waals surface area contributed by atoms with Gasteiger partial charge in [0.2, 0.25) is 0 Å². The maximum absolute atomic E-state index is 5.96. The Morgan fingerprint density at radius 1 is 1.25 bits per heavy atom. The van der Waals surface area contributed by atoms with Crippen LogP contribution in [0.2, 0.25) is 5.02 Å². The molecule has 0 aromatic heterocycles. The fraction of sp³-hybridized carbons (Fsp3) is 0.455. The van der Waals surface area contributed by atoms with Gasteiger partial charge in [-0.1, -0.05) is 23.7 Å². The van der Waals surface area contributed by atoms with E-state index in [4.69, 9.17) is 16.4 Å². The Morgan fingerprint density at radius 2 is 1.94 bits per heavy atom. The second kappa shape index (κ2) is 6.97. The zero-order valence-electron chi connectivity index (χ0n) is 8.91. The van der Waals surface area contributed by atoms with Gasteiger partial charge in [0, 0.05) is 6.04 Å². The average molecular weight is 263 g/mol. The lowest BCUT2D eigenvalue weighted by atomic mass is 10.1. The lowest BCUT2D eigenvalue weighted by Crippen LogP contribution is -2.41. The molecule has 0 radical (unpaired) electrons. The molecule has 0 saturated carbocycles. The maximum Gasteiger partial charge on any atom is 0.165 e. The maximum atomic E-state index is 5.96. The van der Waals surface area contributed by atoms with E-state index < -0.39 is 0 Å². The standard InChI is InChI=1S/C11H15ClN2O.ClH/c12-10-3-1-2-4-11(10)15-14-9-5-7-13-8-6-9;/h1-4,9,13-14H,5-8H2;1H. The lowest BCUT2D eigenvalue weighted by molar-refractivity contribution is 0.137. The zero-order valence-corrected chi connectivity index (χ0v) is 10.5. The SMILES string of the molecule is Cl.Clc1ccccc1ONC1CCNCC1. The van der Waals surface area contributed by atoms with Gasteiger partial charge in [0.05, 0.1) is 5.02 Å². The van der Waals surface area contributed by atoms with Gasteiger partial charge < -0.3 is 10.2 Å². The third kappa shape index (κ3) is 3.83. The molecule has 1 fully saturated rings. The fourth-order valence-corrected chi connectivity index (χ4v) is 1.79. The fourth-order valence-electron chi connectivity index (χ4n) is 1.61. The first-order valence-corrected chi connectivity index (χ1v) is 5.61. The summed E-state index contributed by atoms with van der Waals surface area (Å²) in [5, 5.41) is 3.94. The highest BCUT2D eigenvalue weighted by molar-refractivity contribution is 6.32. The van der Waals surface area contributed by atoms with E-state index in [-0.39, 0.29) is 12.4 Å². The van der Waals surface area contributed by atoms with Crippen LogP contribution in [0.5, 0.6) is 5.75 Å². The first-order valence-electron chi connectivity index (χ1n) is 5.24. The Balaban J connectivity index is 0.00000128. The number of hydrogen-bond donors (Lipinski definition) is 2. The van der Waals surface area contributed by atoms with Crippen LogP contribution in [0, 0.1) is 0 Å². The summed E-state index contributed by atoms with van der Waals surface area (Å²) in [6.45, 7) is 2.09. The van der Waals surface area contributed by atoms with E-state index in [0.717, 1.165) is 25.9 Å². The van der Waals surface area contributed by atoms with Gasteiger partial charge >= 0.3 is 0 Å². The molecule has 0 aliphatic carbocycles. The molecule has 1 saturated heterocycles. The monoisotopic (exact) mass is 262 g/mol. The molecule has 90 valence electrons. The van der Waals surface area contributed by atoms with E-state index in [0.29, 0.717) is 16.8 Å². The summed E-state index contributed by atoms with van der Waals surface area (Å²) < 4.78 is 0. The largest absolute Gasteiger partial charge is 0.407 e. The van der Waals surface area contributed by atoms with Crippen molar-refractivity contribution >= 4 is 24.0 Å². The van der Waals surface area contributed by atoms with E-state index in [1.165, 1.54) is 0 Å². The summed E-state index contributed by atoms with van der Waals surface area (Å²) >= 11 is 5.96. The van der Waals surface area contributed by atoms with Gasteiger partial charge in [0.1, 0.15) is 0 Å². The summed E-state index contributed by atoms with van der Waals surface area (Å²) in [4.78, 5) is 5.47. The predicted molar refractivity (Wildman–Crippen MR) is 68.4 cm³/mol. The highest BCUT2D eigenvalue weighted by Gasteiger charge is 2.13. The molecule has 3 nitrogen and oxygen atoms in total. The van der Waals surface area contributed by atoms with Crippen molar-refractivity contribution in [2.45, 2.75) is 18.9 Å². The highest BCUT2D eigenvalue weighted by Crippen LogP contribution is 2.22. The van der Waals surface area contributed by atoms with Crippen molar-refractivity contribution in [3.63, 3.8) is 0 Å². The van der Waals surface area contributed by atoms with Crippen LogP contribution in [0.25, 0.3) is 0 Å². The molecular weight excluding hydrogens is 247 g/mol. The Hall–Kier alpha value is -0.480. The van der Waals surface area contributed by atoms with Crippen LogP contribution >= 0.6 is 24.0 Å². The molecule has 2 rings (SSSR count). The molecule has 1 aromatic rings. The topological polar surface area (TPSA) is 33.3 Å². The van der Waals surface area contributed by atoms with E-state index in [1.54, 1.807) is 0 Å². The third-order valence-corrected chi connectivity index (χ3v) is 2.82. The van der Waals surface area contributed by atoms with Gasteiger partial charge in [-0.3, -0.25) is 0 Å². The van der Waals surface area contributed by atoms with E-state index in [1.807, 2.05) is 24.3 Å². The smallest absolute Gasteiger partial charge is 0.165 e. The van der Waals surface area contributed by atoms with Crippen LogP contribution in [0.15, 0.2) is 24.3 Å². The number of para-hydroxylation sites is 1. The molecule has 1 aliphatic rings. The molecule has 5 heteroatoms. The molecule has 2 N–H and O–H groups in total. The molecule has 0 unspecified atom stereocenters. The molecule has 0 atom stereocenters.